The summed E-state index contributed by atoms with van der Waals surface area (Å²) in [4.78, 5) is 37.4. The molecule has 1 N–H and O–H groups in total. The molecule has 0 bridgehead atoms. The Labute approximate surface area is 484 Å². The van der Waals surface area contributed by atoms with E-state index in [0.717, 1.165) is 103 Å². The van der Waals surface area contributed by atoms with Crippen molar-refractivity contribution in [3.8, 4) is 0 Å². The molecule has 0 rings (SSSR count). The van der Waals surface area contributed by atoms with Crippen molar-refractivity contribution in [3.05, 3.63) is 134 Å². The Kier molecular flexibility index (Phi) is 56.1. The van der Waals surface area contributed by atoms with Gasteiger partial charge in [0.05, 0.1) is 34.4 Å². The van der Waals surface area contributed by atoms with Crippen molar-refractivity contribution in [2.75, 3.05) is 47.5 Å². The third-order valence-electron chi connectivity index (χ3n) is 12.9. The van der Waals surface area contributed by atoms with Gasteiger partial charge < -0.3 is 28.5 Å². The Morgan fingerprint density at radius 2 is 0.684 bits per heavy atom. The minimum absolute atomic E-state index is 0.176. The number of likely N-dealkylation sites (N-methyl/N-ethyl adjacent to an activating group) is 1. The van der Waals surface area contributed by atoms with Crippen LogP contribution in [-0.2, 0) is 33.3 Å². The highest BCUT2D eigenvalue weighted by Gasteiger charge is 2.25. The van der Waals surface area contributed by atoms with Crippen LogP contribution in [-0.4, -0.2) is 87.4 Å². The Morgan fingerprint density at radius 1 is 0.380 bits per heavy atom. The largest absolute Gasteiger partial charge is 0.477 e. The van der Waals surface area contributed by atoms with Crippen LogP contribution in [0.1, 0.15) is 232 Å². The number of aliphatic carboxylic acids is 1. The van der Waals surface area contributed by atoms with Gasteiger partial charge in [0.2, 0.25) is 0 Å². The van der Waals surface area contributed by atoms with Crippen molar-refractivity contribution in [1.82, 2.24) is 0 Å². The molecule has 0 heterocycles. The molecule has 9 heteroatoms. The standard InChI is InChI=1S/C70H115NO8/c1-6-8-10-12-14-16-18-20-22-23-24-25-26-27-28-29-30-31-32-33-34-35-36-37-38-39-40-41-42-43-44-45-47-49-51-53-55-57-59-61-68(73)79-66(65-78-70(69(74)75)76-63-62-71(3,4)5)64-77-67(72)60-58-56-54-52-50-48-46-21-19-17-15-13-11-9-7-2/h8-11,14-17,20-22,24-25,27-28,30-31,33-34,46,50,52,66,70H,6-7,12-13,18-19,23,26,29,32,35-45,47-49,51,53-65H2,1-5H3/p+1/b10-8-,11-9-,16-14-,17-15-,22-20-,25-24-,28-27-,31-30-,34-33-,46-21-,52-50-. The van der Waals surface area contributed by atoms with E-state index in [2.05, 4.69) is 148 Å². The summed E-state index contributed by atoms with van der Waals surface area (Å²) in [6.07, 6.45) is 82.8. The molecule has 9 nitrogen and oxygen atoms in total. The van der Waals surface area contributed by atoms with Crippen LogP contribution in [0.4, 0.5) is 0 Å². The highest BCUT2D eigenvalue weighted by Crippen LogP contribution is 2.16. The van der Waals surface area contributed by atoms with Crippen LogP contribution in [0.15, 0.2) is 134 Å². The minimum atomic E-state index is -1.53. The summed E-state index contributed by atoms with van der Waals surface area (Å²) in [5.74, 6) is -2.07. The lowest BCUT2D eigenvalue weighted by atomic mass is 10.0. The van der Waals surface area contributed by atoms with E-state index in [1.165, 1.54) is 89.9 Å². The molecule has 0 aromatic rings. The van der Waals surface area contributed by atoms with Gasteiger partial charge in [-0.3, -0.25) is 9.59 Å². The molecule has 448 valence electrons. The number of carboxylic acids is 1. The van der Waals surface area contributed by atoms with Gasteiger partial charge in [0.15, 0.2) is 6.10 Å². The number of carbonyl (C=O) groups is 3. The zero-order valence-electron chi connectivity index (χ0n) is 51.0. The van der Waals surface area contributed by atoms with Crippen LogP contribution in [0.3, 0.4) is 0 Å². The molecule has 2 atom stereocenters. The van der Waals surface area contributed by atoms with E-state index in [0.29, 0.717) is 23.9 Å². The van der Waals surface area contributed by atoms with Gasteiger partial charge in [-0.1, -0.05) is 244 Å². The second-order valence-electron chi connectivity index (χ2n) is 21.6. The van der Waals surface area contributed by atoms with E-state index in [9.17, 15) is 19.5 Å². The van der Waals surface area contributed by atoms with Gasteiger partial charge in [0, 0.05) is 12.8 Å². The fourth-order valence-electron chi connectivity index (χ4n) is 8.16. The summed E-state index contributed by atoms with van der Waals surface area (Å²) in [6, 6.07) is 0. The maximum absolute atomic E-state index is 12.9. The second kappa shape index (κ2) is 59.5. The number of carbonyl (C=O) groups excluding carboxylic acids is 2. The first kappa shape index (κ1) is 74.4. The first-order chi connectivity index (χ1) is 38.6. The van der Waals surface area contributed by atoms with Crippen LogP contribution >= 0.6 is 0 Å². The highest BCUT2D eigenvalue weighted by molar-refractivity contribution is 5.71. The molecular formula is C70H116NO8+. The topological polar surface area (TPSA) is 108 Å². The summed E-state index contributed by atoms with van der Waals surface area (Å²) < 4.78 is 22.8. The fraction of sp³-hybridized carbons (Fsp3) is 0.643. The maximum Gasteiger partial charge on any atom is 0.361 e. The first-order valence-electron chi connectivity index (χ1n) is 31.3. The number of carboxylic acid groups (broad SMARTS) is 1. The number of nitrogens with zero attached hydrogens (tertiary/aromatic N) is 1. The van der Waals surface area contributed by atoms with Crippen molar-refractivity contribution >= 4 is 17.9 Å². The molecule has 0 radical (unpaired) electrons. The highest BCUT2D eigenvalue weighted by atomic mass is 16.7. The van der Waals surface area contributed by atoms with Gasteiger partial charge >= 0.3 is 17.9 Å². The summed E-state index contributed by atoms with van der Waals surface area (Å²) in [7, 11) is 5.95. The molecule has 0 aliphatic carbocycles. The van der Waals surface area contributed by atoms with Gasteiger partial charge in [-0.25, -0.2) is 4.79 Å². The zero-order valence-corrected chi connectivity index (χ0v) is 51.0. The average molecular weight is 1100 g/mol. The number of ether oxygens (including phenoxy) is 4. The minimum Gasteiger partial charge on any atom is -0.477 e. The number of allylic oxidation sites excluding steroid dienone is 22. The van der Waals surface area contributed by atoms with E-state index in [1.54, 1.807) is 0 Å². The molecule has 0 aromatic carbocycles. The van der Waals surface area contributed by atoms with Crippen LogP contribution < -0.4 is 0 Å². The smallest absolute Gasteiger partial charge is 0.361 e. The van der Waals surface area contributed by atoms with Crippen LogP contribution in [0.5, 0.6) is 0 Å². The third-order valence-corrected chi connectivity index (χ3v) is 12.9. The lowest BCUT2D eigenvalue weighted by molar-refractivity contribution is -0.870. The molecule has 0 aliphatic rings. The van der Waals surface area contributed by atoms with E-state index in [1.807, 2.05) is 21.1 Å². The normalized spacial score (nSPS) is 13.7. The van der Waals surface area contributed by atoms with Crippen LogP contribution in [0.2, 0.25) is 0 Å². The van der Waals surface area contributed by atoms with Crippen molar-refractivity contribution in [2.45, 2.75) is 245 Å². The summed E-state index contributed by atoms with van der Waals surface area (Å²) >= 11 is 0. The SMILES string of the molecule is CC/C=C\C/C=C\C/C=C\C/C=C\C/C=C\C/C=C\C/C=C\CCCCCCCCCCCCCCCCCCCC(=O)OC(COC(=O)CCCC/C=C\C/C=C\C/C=C\C/C=C\CC)COC(OCC[N+](C)(C)C)C(=O)O. The van der Waals surface area contributed by atoms with Crippen molar-refractivity contribution < 1.29 is 42.9 Å². The predicted octanol–water partition coefficient (Wildman–Crippen LogP) is 19.0. The van der Waals surface area contributed by atoms with Gasteiger partial charge in [0.25, 0.3) is 6.29 Å². The first-order valence-corrected chi connectivity index (χ1v) is 31.3. The molecule has 79 heavy (non-hydrogen) atoms. The van der Waals surface area contributed by atoms with Gasteiger partial charge in [-0.05, 0) is 109 Å². The predicted molar refractivity (Wildman–Crippen MR) is 336 cm³/mol. The van der Waals surface area contributed by atoms with Gasteiger partial charge in [0.1, 0.15) is 13.2 Å². The van der Waals surface area contributed by atoms with Crippen molar-refractivity contribution in [2.24, 2.45) is 0 Å². The van der Waals surface area contributed by atoms with Gasteiger partial charge in [-0.2, -0.15) is 0 Å². The van der Waals surface area contributed by atoms with E-state index in [4.69, 9.17) is 18.9 Å². The average Bonchev–Trinajstić information content (AvgIpc) is 3.42. The molecule has 0 fully saturated rings. The summed E-state index contributed by atoms with van der Waals surface area (Å²) in [5.41, 5.74) is 0. The van der Waals surface area contributed by atoms with E-state index >= 15 is 0 Å². The number of rotatable bonds is 56. The molecule has 0 saturated carbocycles. The Morgan fingerprint density at radius 3 is 1.04 bits per heavy atom. The molecule has 0 aromatic heterocycles. The van der Waals surface area contributed by atoms with E-state index in [-0.39, 0.29) is 38.6 Å². The number of esters is 2. The van der Waals surface area contributed by atoms with Crippen molar-refractivity contribution in [1.29, 1.82) is 0 Å². The van der Waals surface area contributed by atoms with Crippen LogP contribution in [0, 0.1) is 0 Å². The third kappa shape index (κ3) is 60.9. The molecule has 2 unspecified atom stereocenters. The van der Waals surface area contributed by atoms with Gasteiger partial charge in [-0.15, -0.1) is 0 Å². The second-order valence-corrected chi connectivity index (χ2v) is 21.6. The summed E-state index contributed by atoms with van der Waals surface area (Å²) in [5, 5.41) is 9.70. The number of unbranched alkanes of at least 4 members (excludes halogenated alkanes) is 19. The fourth-order valence-corrected chi connectivity index (χ4v) is 8.16. The molecule has 0 aliphatic heterocycles. The Balaban J connectivity index is 4.09. The number of hydrogen-bond donors (Lipinski definition) is 1. The molecule has 0 spiro atoms. The van der Waals surface area contributed by atoms with E-state index < -0.39 is 24.3 Å². The van der Waals surface area contributed by atoms with Crippen LogP contribution in [0.25, 0.3) is 0 Å². The Bertz CT molecular complexity index is 1750. The Hall–Kier alpha value is -4.57. The zero-order chi connectivity index (χ0) is 57.6. The number of hydrogen-bond acceptors (Lipinski definition) is 7. The maximum atomic E-state index is 12.9. The summed E-state index contributed by atoms with van der Waals surface area (Å²) in [6.45, 7) is 4.59. The lowest BCUT2D eigenvalue weighted by Gasteiger charge is -2.25. The number of quaternary nitrogens is 1. The molecule has 0 amide bonds. The monoisotopic (exact) mass is 1100 g/mol. The lowest BCUT2D eigenvalue weighted by Crippen LogP contribution is -2.40. The molecular weight excluding hydrogens is 983 g/mol. The quantitative estimate of drug-likeness (QED) is 0.0211. The van der Waals surface area contributed by atoms with Crippen molar-refractivity contribution in [3.63, 3.8) is 0 Å². The molecule has 0 saturated heterocycles.